The van der Waals surface area contributed by atoms with Gasteiger partial charge in [-0.2, -0.15) is 0 Å². The van der Waals surface area contributed by atoms with Gasteiger partial charge in [0.15, 0.2) is 0 Å². The molecule has 38 heavy (non-hydrogen) atoms. The van der Waals surface area contributed by atoms with Gasteiger partial charge in [0, 0.05) is 70.9 Å². The topological polar surface area (TPSA) is 112 Å². The quantitative estimate of drug-likeness (QED) is 0.249. The van der Waals surface area contributed by atoms with Gasteiger partial charge in [-0.1, -0.05) is 29.8 Å². The van der Waals surface area contributed by atoms with Crippen molar-refractivity contribution < 1.29 is 14.5 Å². The number of non-ortho nitro benzene ring substituents is 1. The number of hydrogen-bond acceptors (Lipinski definition) is 8. The van der Waals surface area contributed by atoms with E-state index in [1.165, 1.54) is 17.0 Å². The van der Waals surface area contributed by atoms with Gasteiger partial charge in [-0.05, 0) is 32.1 Å². The number of fused-ring (bicyclic) bond motifs is 3. The molecule has 0 aliphatic carbocycles. The maximum Gasteiger partial charge on any atom is 0.284 e. The van der Waals surface area contributed by atoms with Crippen molar-refractivity contribution in [2.24, 2.45) is 9.98 Å². The lowest BCUT2D eigenvalue weighted by molar-refractivity contribution is -0.384. The van der Waals surface area contributed by atoms with Crippen molar-refractivity contribution in [3.05, 3.63) is 80.6 Å². The summed E-state index contributed by atoms with van der Waals surface area (Å²) in [6, 6.07) is 12.4. The zero-order valence-corrected chi connectivity index (χ0v) is 24.3. The molecule has 1 saturated heterocycles. The minimum atomic E-state index is -0.463. The van der Waals surface area contributed by atoms with Crippen LogP contribution < -0.4 is 4.90 Å². The molecule has 5 rings (SSSR count). The summed E-state index contributed by atoms with van der Waals surface area (Å²) in [5.74, 6) is 0.531. The fourth-order valence-electron chi connectivity index (χ4n) is 4.17. The summed E-state index contributed by atoms with van der Waals surface area (Å²) < 4.78 is 0. The summed E-state index contributed by atoms with van der Waals surface area (Å²) in [4.78, 5) is 49.4. The van der Waals surface area contributed by atoms with Crippen LogP contribution in [0.25, 0.3) is 0 Å². The Morgan fingerprint density at radius 3 is 2.47 bits per heavy atom. The summed E-state index contributed by atoms with van der Waals surface area (Å²) >= 11 is 6.43. The summed E-state index contributed by atoms with van der Waals surface area (Å²) in [7, 11) is 3.09. The van der Waals surface area contributed by atoms with E-state index in [4.69, 9.17) is 16.6 Å². The fourth-order valence-corrected chi connectivity index (χ4v) is 4.40. The van der Waals surface area contributed by atoms with Crippen molar-refractivity contribution in [3.63, 3.8) is 0 Å². The molecule has 0 N–H and O–H groups in total. The maximum absolute atomic E-state index is 13.4. The Morgan fingerprint density at radius 1 is 1.16 bits per heavy atom. The predicted octanol–water partition coefficient (Wildman–Crippen LogP) is 2.29. The fraction of sp³-hybridized carbons (Fsp3) is 0.308. The number of carbonyl (C=O) groups excluding carboxylic acids is 2. The third-order valence-corrected chi connectivity index (χ3v) is 7.79. The number of anilines is 1. The van der Waals surface area contributed by atoms with E-state index in [0.717, 1.165) is 42.5 Å². The van der Waals surface area contributed by atoms with Gasteiger partial charge in [0.2, 0.25) is 0 Å². The Morgan fingerprint density at radius 2 is 1.84 bits per heavy atom. The zero-order valence-electron chi connectivity index (χ0n) is 21.6. The second kappa shape index (κ2) is 11.8. The first-order valence-electron chi connectivity index (χ1n) is 12.3. The maximum atomic E-state index is 13.4. The molecule has 0 radical (unpaired) electrons. The van der Waals surface area contributed by atoms with Crippen molar-refractivity contribution in [1.29, 1.82) is 0 Å². The monoisotopic (exact) mass is 552 g/mol. The molecule has 0 spiro atoms. The lowest BCUT2D eigenvalue weighted by atomic mass is 9.99. The molecule has 1 amide bonds. The van der Waals surface area contributed by atoms with Crippen molar-refractivity contribution in [2.75, 3.05) is 44.7 Å². The number of aliphatic imine (C=N–C) groups is 2. The number of amidine groups is 1. The average molecular weight is 553 g/mol. The lowest BCUT2D eigenvalue weighted by Crippen LogP contribution is -2.42. The third-order valence-electron chi connectivity index (χ3n) is 6.46. The summed E-state index contributed by atoms with van der Waals surface area (Å²) in [6.07, 6.45) is 1.81. The van der Waals surface area contributed by atoms with Crippen LogP contribution in [0.4, 0.5) is 11.4 Å². The number of rotatable bonds is 4. The number of nitrogens with zero attached hydrogens (tertiary/aromatic N) is 6. The molecule has 12 heteroatoms. The van der Waals surface area contributed by atoms with Crippen LogP contribution in [0.5, 0.6) is 0 Å². The second-order valence-electron chi connectivity index (χ2n) is 9.18. The third kappa shape index (κ3) is 5.90. The Kier molecular flexibility index (Phi) is 8.50. The highest BCUT2D eigenvalue weighted by Gasteiger charge is 2.37. The molecule has 3 aliphatic rings. The number of piperazine rings is 1. The van der Waals surface area contributed by atoms with Gasteiger partial charge in [-0.15, -0.1) is 0 Å². The highest BCUT2D eigenvalue weighted by Crippen LogP contribution is 2.35. The minimum absolute atomic E-state index is 0.0891. The Balaban J connectivity index is 0.000000617. The molecular weight excluding hydrogens is 524 g/mol. The predicted molar refractivity (Wildman–Crippen MR) is 153 cm³/mol. The molecule has 1 fully saturated rings. The van der Waals surface area contributed by atoms with Crippen LogP contribution in [0.1, 0.15) is 18.1 Å². The van der Waals surface area contributed by atoms with Crippen molar-refractivity contribution in [2.45, 2.75) is 13.0 Å². The Labute approximate surface area is 228 Å². The van der Waals surface area contributed by atoms with Crippen LogP contribution >= 0.6 is 11.6 Å². The van der Waals surface area contributed by atoms with Gasteiger partial charge < -0.3 is 14.6 Å². The first kappa shape index (κ1) is 27.4. The van der Waals surface area contributed by atoms with Gasteiger partial charge in [0.25, 0.3) is 11.6 Å². The number of halogens is 1. The number of Topliss-reactive ketones (excluding diaryl/α,β-unsaturated/α-hetero) is 1. The molecule has 198 valence electrons. The van der Waals surface area contributed by atoms with E-state index in [2.05, 4.69) is 21.8 Å². The highest BCUT2D eigenvalue weighted by atomic mass is 35.5. The molecule has 10 nitrogen and oxygen atoms in total. The number of amides is 1. The average Bonchev–Trinajstić information content (AvgIpc) is 3.11. The number of carbonyl (C=O) groups is 2. The summed E-state index contributed by atoms with van der Waals surface area (Å²) in [5, 5.41) is 12.0. The molecule has 0 unspecified atom stereocenters. The molecule has 0 saturated carbocycles. The van der Waals surface area contributed by atoms with E-state index in [1.54, 1.807) is 31.3 Å². The van der Waals surface area contributed by atoms with Gasteiger partial charge in [0.05, 0.1) is 22.9 Å². The summed E-state index contributed by atoms with van der Waals surface area (Å²) in [5.41, 5.74) is 2.36. The summed E-state index contributed by atoms with van der Waals surface area (Å²) in [6.45, 7) is 5.22. The molecular formula is C26H29ClN6O4Si. The minimum Gasteiger partial charge on any atom is -0.373 e. The van der Waals surface area contributed by atoms with Crippen LogP contribution in [0, 0.1) is 10.1 Å². The SMILES string of the molecule is CC(=O)C[SiH3].CN1CCN(/C=C2\N=C3CN=C(c4ccccc4Cl)c4cc([N+](=O)[O-])ccc4N3C2=O)CC1. The Hall–Kier alpha value is -3.67. The van der Waals surface area contributed by atoms with Crippen LogP contribution in [-0.2, 0) is 9.59 Å². The molecule has 2 aromatic carbocycles. The molecule has 0 bridgehead atoms. The zero-order chi connectivity index (χ0) is 27.4. The number of benzene rings is 2. The van der Waals surface area contributed by atoms with Crippen molar-refractivity contribution in [1.82, 2.24) is 9.80 Å². The number of ketones is 1. The molecule has 0 atom stereocenters. The van der Waals surface area contributed by atoms with Crippen LogP contribution in [0.2, 0.25) is 11.1 Å². The first-order chi connectivity index (χ1) is 18.2. The molecule has 0 aromatic heterocycles. The normalized spacial score (nSPS) is 18.2. The van der Waals surface area contributed by atoms with E-state index in [1.807, 2.05) is 12.1 Å². The van der Waals surface area contributed by atoms with Crippen LogP contribution in [0.15, 0.2) is 64.3 Å². The van der Waals surface area contributed by atoms with E-state index in [9.17, 15) is 19.7 Å². The van der Waals surface area contributed by atoms with E-state index in [0.29, 0.717) is 44.9 Å². The second-order valence-corrected chi connectivity index (χ2v) is 10.3. The number of likely N-dealkylation sites (N-methyl/N-ethyl adjacent to an activating group) is 1. The standard InChI is InChI=1S/C23H21ClN6O3.C3H8OSi/c1-27-8-10-28(11-9-27)14-19-23(31)29-20-7-6-15(30(32)33)12-17(20)22(25-13-21(29)26-19)16-4-2-3-5-18(16)24;1-3(4)2-5/h2-7,12,14H,8-11,13H2,1H3;2H2,1,5H3/b19-14-;. The Bertz CT molecular complexity index is 1370. The largest absolute Gasteiger partial charge is 0.373 e. The number of nitro benzene ring substituents is 1. The number of nitro groups is 1. The van der Waals surface area contributed by atoms with E-state index in [-0.39, 0.29) is 18.1 Å². The lowest BCUT2D eigenvalue weighted by Gasteiger charge is -2.31. The molecule has 3 heterocycles. The van der Waals surface area contributed by atoms with Crippen LogP contribution in [0.3, 0.4) is 0 Å². The molecule has 2 aromatic rings. The van der Waals surface area contributed by atoms with Crippen molar-refractivity contribution in [3.8, 4) is 0 Å². The van der Waals surface area contributed by atoms with Gasteiger partial charge in [0.1, 0.15) is 17.3 Å². The molecule has 3 aliphatic heterocycles. The van der Waals surface area contributed by atoms with E-state index < -0.39 is 4.92 Å². The first-order valence-corrected chi connectivity index (χ1v) is 14.1. The smallest absolute Gasteiger partial charge is 0.284 e. The highest BCUT2D eigenvalue weighted by molar-refractivity contribution is 6.37. The van der Waals surface area contributed by atoms with Gasteiger partial charge >= 0.3 is 0 Å². The van der Waals surface area contributed by atoms with Gasteiger partial charge in [-0.25, -0.2) is 4.99 Å². The number of hydrogen-bond donors (Lipinski definition) is 0. The van der Waals surface area contributed by atoms with E-state index >= 15 is 0 Å². The van der Waals surface area contributed by atoms with Crippen molar-refractivity contribution >= 4 is 56.5 Å². The van der Waals surface area contributed by atoms with Crippen LogP contribution in [-0.4, -0.2) is 88.0 Å². The van der Waals surface area contributed by atoms with Gasteiger partial charge in [-0.3, -0.25) is 24.8 Å².